The highest BCUT2D eigenvalue weighted by Crippen LogP contribution is 2.36. The minimum atomic E-state index is -0.841. The molecule has 0 aromatic heterocycles. The van der Waals surface area contributed by atoms with Crippen molar-refractivity contribution in [3.8, 4) is 0 Å². The molecule has 0 spiro atoms. The second kappa shape index (κ2) is 7.64. The number of carbonyl (C=O) groups excluding carboxylic acids is 1. The Morgan fingerprint density at radius 1 is 1.19 bits per heavy atom. The molecule has 2 aliphatic rings. The molecule has 3 N–H and O–H groups in total. The molecule has 6 nitrogen and oxygen atoms in total. The average Bonchev–Trinajstić information content (AvgIpc) is 2.97. The number of aliphatic carboxylic acids is 1. The second-order valence-electron chi connectivity index (χ2n) is 6.24. The van der Waals surface area contributed by atoms with E-state index in [2.05, 4.69) is 5.32 Å². The van der Waals surface area contributed by atoms with Crippen molar-refractivity contribution < 1.29 is 19.8 Å². The highest BCUT2D eigenvalue weighted by atomic mass is 16.4. The van der Waals surface area contributed by atoms with Crippen LogP contribution in [0.3, 0.4) is 0 Å². The second-order valence-corrected chi connectivity index (χ2v) is 6.24. The molecule has 0 unspecified atom stereocenters. The molecule has 1 aliphatic carbocycles. The Hall–Kier alpha value is -1.30. The largest absolute Gasteiger partial charge is 0.481 e. The standard InChI is InChI=1S/C15H26N2O4/c18-13-7-9-17(10-12(13)11-4-1-2-5-11)15(21)16-8-3-6-14(19)20/h11-13,18H,1-10H2,(H,16,21)(H,19,20)/t12-,13+/m0/s1. The van der Waals surface area contributed by atoms with Gasteiger partial charge in [0.1, 0.15) is 0 Å². The smallest absolute Gasteiger partial charge is 0.317 e. The van der Waals surface area contributed by atoms with Crippen LogP contribution in [0.4, 0.5) is 4.79 Å². The van der Waals surface area contributed by atoms with Crippen molar-refractivity contribution in [3.05, 3.63) is 0 Å². The number of likely N-dealkylation sites (tertiary alicyclic amines) is 1. The fourth-order valence-corrected chi connectivity index (χ4v) is 3.55. The zero-order valence-corrected chi connectivity index (χ0v) is 12.5. The zero-order valence-electron chi connectivity index (χ0n) is 12.5. The maximum atomic E-state index is 12.1. The van der Waals surface area contributed by atoms with Crippen molar-refractivity contribution >= 4 is 12.0 Å². The molecule has 0 radical (unpaired) electrons. The number of urea groups is 1. The third kappa shape index (κ3) is 4.59. The van der Waals surface area contributed by atoms with Crippen molar-refractivity contribution in [2.75, 3.05) is 19.6 Å². The number of aliphatic hydroxyl groups is 1. The van der Waals surface area contributed by atoms with Gasteiger partial charge in [-0.15, -0.1) is 0 Å². The highest BCUT2D eigenvalue weighted by molar-refractivity contribution is 5.74. The Bertz CT molecular complexity index is 369. The fourth-order valence-electron chi connectivity index (χ4n) is 3.55. The molecule has 2 rings (SSSR count). The molecule has 0 aromatic carbocycles. The van der Waals surface area contributed by atoms with E-state index in [1.165, 1.54) is 12.8 Å². The van der Waals surface area contributed by atoms with Gasteiger partial charge < -0.3 is 20.4 Å². The minimum Gasteiger partial charge on any atom is -0.481 e. The molecule has 2 fully saturated rings. The molecule has 2 amide bonds. The number of nitrogens with one attached hydrogen (secondary N) is 1. The number of hydrogen-bond acceptors (Lipinski definition) is 3. The summed E-state index contributed by atoms with van der Waals surface area (Å²) in [7, 11) is 0. The van der Waals surface area contributed by atoms with Gasteiger partial charge in [-0.05, 0) is 18.8 Å². The van der Waals surface area contributed by atoms with Gasteiger partial charge in [-0.25, -0.2) is 4.79 Å². The van der Waals surface area contributed by atoms with Gasteiger partial charge in [0.15, 0.2) is 0 Å². The van der Waals surface area contributed by atoms with Crippen LogP contribution in [0.5, 0.6) is 0 Å². The number of nitrogens with zero attached hydrogens (tertiary/aromatic N) is 1. The summed E-state index contributed by atoms with van der Waals surface area (Å²) in [5.74, 6) is -0.0970. The van der Waals surface area contributed by atoms with E-state index in [0.717, 1.165) is 12.8 Å². The van der Waals surface area contributed by atoms with E-state index in [1.54, 1.807) is 4.90 Å². The van der Waals surface area contributed by atoms with E-state index in [9.17, 15) is 14.7 Å². The third-order valence-corrected chi connectivity index (χ3v) is 4.76. The summed E-state index contributed by atoms with van der Waals surface area (Å²) < 4.78 is 0. The van der Waals surface area contributed by atoms with Crippen molar-refractivity contribution in [1.82, 2.24) is 10.2 Å². The number of carboxylic acid groups (broad SMARTS) is 1. The lowest BCUT2D eigenvalue weighted by atomic mass is 9.82. The molecule has 1 saturated carbocycles. The van der Waals surface area contributed by atoms with Gasteiger partial charge >= 0.3 is 12.0 Å². The van der Waals surface area contributed by atoms with Gasteiger partial charge in [0, 0.05) is 32.0 Å². The highest BCUT2D eigenvalue weighted by Gasteiger charge is 2.36. The van der Waals surface area contributed by atoms with Crippen LogP contribution in [0.25, 0.3) is 0 Å². The molecule has 1 saturated heterocycles. The molecule has 1 aliphatic heterocycles. The lowest BCUT2D eigenvalue weighted by Gasteiger charge is -2.39. The van der Waals surface area contributed by atoms with Crippen LogP contribution in [0.15, 0.2) is 0 Å². The van der Waals surface area contributed by atoms with Gasteiger partial charge in [0.25, 0.3) is 0 Å². The number of aliphatic hydroxyl groups excluding tert-OH is 1. The zero-order chi connectivity index (χ0) is 15.2. The molecule has 1 heterocycles. The predicted molar refractivity (Wildman–Crippen MR) is 77.9 cm³/mol. The van der Waals surface area contributed by atoms with Gasteiger partial charge in [0.2, 0.25) is 0 Å². The average molecular weight is 298 g/mol. The van der Waals surface area contributed by atoms with Crippen LogP contribution < -0.4 is 5.32 Å². The van der Waals surface area contributed by atoms with E-state index >= 15 is 0 Å². The van der Waals surface area contributed by atoms with Crippen molar-refractivity contribution in [2.45, 2.75) is 51.0 Å². The summed E-state index contributed by atoms with van der Waals surface area (Å²) in [5, 5.41) is 21.5. The monoisotopic (exact) mass is 298 g/mol. The number of rotatable bonds is 5. The quantitative estimate of drug-likeness (QED) is 0.670. The Labute approximate surface area is 125 Å². The lowest BCUT2D eigenvalue weighted by Crippen LogP contribution is -2.51. The van der Waals surface area contributed by atoms with Crippen LogP contribution in [0.2, 0.25) is 0 Å². The Morgan fingerprint density at radius 2 is 1.90 bits per heavy atom. The van der Waals surface area contributed by atoms with Gasteiger partial charge in [0.05, 0.1) is 6.10 Å². The molecule has 120 valence electrons. The first kappa shape index (κ1) is 16.1. The molecule has 6 heteroatoms. The number of hydrogen-bond donors (Lipinski definition) is 3. The summed E-state index contributed by atoms with van der Waals surface area (Å²) in [5.41, 5.74) is 0. The number of piperidine rings is 1. The third-order valence-electron chi connectivity index (χ3n) is 4.76. The summed E-state index contributed by atoms with van der Waals surface area (Å²) in [4.78, 5) is 24.3. The van der Waals surface area contributed by atoms with E-state index < -0.39 is 5.97 Å². The summed E-state index contributed by atoms with van der Waals surface area (Å²) in [6.45, 7) is 1.59. The first-order valence-electron chi connectivity index (χ1n) is 8.00. The van der Waals surface area contributed by atoms with Crippen molar-refractivity contribution in [2.24, 2.45) is 11.8 Å². The van der Waals surface area contributed by atoms with Gasteiger partial charge in [-0.3, -0.25) is 4.79 Å². The number of carboxylic acids is 1. The Morgan fingerprint density at radius 3 is 2.57 bits per heavy atom. The number of amides is 2. The topological polar surface area (TPSA) is 89.9 Å². The van der Waals surface area contributed by atoms with E-state index in [-0.39, 0.29) is 24.5 Å². The normalized spacial score (nSPS) is 26.8. The molecule has 0 aromatic rings. The van der Waals surface area contributed by atoms with E-state index in [4.69, 9.17) is 5.11 Å². The lowest BCUT2D eigenvalue weighted by molar-refractivity contribution is -0.137. The molecular weight excluding hydrogens is 272 g/mol. The maximum Gasteiger partial charge on any atom is 0.317 e. The summed E-state index contributed by atoms with van der Waals surface area (Å²) in [6.07, 6.45) is 5.66. The predicted octanol–water partition coefficient (Wildman–Crippen LogP) is 1.43. The van der Waals surface area contributed by atoms with Crippen LogP contribution in [-0.4, -0.2) is 52.9 Å². The van der Waals surface area contributed by atoms with E-state index in [1.807, 2.05) is 0 Å². The van der Waals surface area contributed by atoms with E-state index in [0.29, 0.717) is 38.4 Å². The molecule has 21 heavy (non-hydrogen) atoms. The van der Waals surface area contributed by atoms with Crippen molar-refractivity contribution in [1.29, 1.82) is 0 Å². The molecular formula is C15H26N2O4. The maximum absolute atomic E-state index is 12.1. The van der Waals surface area contributed by atoms with Crippen molar-refractivity contribution in [3.63, 3.8) is 0 Å². The molecule has 2 atom stereocenters. The van der Waals surface area contributed by atoms with Crippen LogP contribution >= 0.6 is 0 Å². The van der Waals surface area contributed by atoms with Crippen LogP contribution in [0.1, 0.15) is 44.9 Å². The fraction of sp³-hybridized carbons (Fsp3) is 0.867. The number of carbonyl (C=O) groups is 2. The SMILES string of the molecule is O=C(O)CCCNC(=O)N1CC[C@@H](O)[C@H](C2CCCC2)C1. The minimum absolute atomic E-state index is 0.0731. The molecule has 0 bridgehead atoms. The van der Waals surface area contributed by atoms with Crippen LogP contribution in [0, 0.1) is 11.8 Å². The Balaban J connectivity index is 1.77. The van der Waals surface area contributed by atoms with Gasteiger partial charge in [-0.2, -0.15) is 0 Å². The first-order valence-corrected chi connectivity index (χ1v) is 8.00. The first-order chi connectivity index (χ1) is 10.1. The summed E-state index contributed by atoms with van der Waals surface area (Å²) in [6, 6.07) is -0.129. The van der Waals surface area contributed by atoms with Crippen LogP contribution in [-0.2, 0) is 4.79 Å². The Kier molecular flexibility index (Phi) is 5.85. The van der Waals surface area contributed by atoms with Gasteiger partial charge in [-0.1, -0.05) is 25.7 Å². The summed E-state index contributed by atoms with van der Waals surface area (Å²) >= 11 is 0.